The second-order valence-corrected chi connectivity index (χ2v) is 6.70. The normalized spacial score (nSPS) is 20.7. The van der Waals surface area contributed by atoms with E-state index in [1.54, 1.807) is 0 Å². The Morgan fingerprint density at radius 3 is 2.33 bits per heavy atom. The molecular weight excluding hydrogens is 286 g/mol. The summed E-state index contributed by atoms with van der Waals surface area (Å²) in [5.74, 6) is 1.01. The number of hydrogen-bond acceptors (Lipinski definition) is 1. The summed E-state index contributed by atoms with van der Waals surface area (Å²) >= 11 is 3.49. The summed E-state index contributed by atoms with van der Waals surface area (Å²) in [5, 5.41) is 1.18. The Kier molecular flexibility index (Phi) is 10.3. The molecule has 0 aromatic carbocycles. The van der Waals surface area contributed by atoms with Crippen LogP contribution >= 0.6 is 15.9 Å². The topological polar surface area (TPSA) is 3.24 Å². The highest BCUT2D eigenvalue weighted by Gasteiger charge is 2.20. The minimum atomic E-state index is 1.01. The van der Waals surface area contributed by atoms with Gasteiger partial charge in [0.1, 0.15) is 0 Å². The van der Waals surface area contributed by atoms with E-state index in [1.165, 1.54) is 89.2 Å². The molecule has 1 fully saturated rings. The van der Waals surface area contributed by atoms with Crippen LogP contribution in [0.3, 0.4) is 0 Å². The van der Waals surface area contributed by atoms with E-state index in [0.717, 1.165) is 5.92 Å². The first-order valence-electron chi connectivity index (χ1n) is 8.15. The van der Waals surface area contributed by atoms with Crippen LogP contribution in [-0.4, -0.2) is 29.9 Å². The van der Waals surface area contributed by atoms with Gasteiger partial charge >= 0.3 is 0 Å². The smallest absolute Gasteiger partial charge is 0.00313 e. The molecule has 0 spiro atoms. The van der Waals surface area contributed by atoms with Crippen molar-refractivity contribution in [2.75, 3.05) is 25.0 Å². The Balaban J connectivity index is 1.84. The number of alkyl halides is 1. The van der Waals surface area contributed by atoms with Crippen molar-refractivity contribution >= 4 is 15.9 Å². The predicted molar refractivity (Wildman–Crippen MR) is 85.6 cm³/mol. The van der Waals surface area contributed by atoms with Crippen LogP contribution in [0.5, 0.6) is 0 Å². The van der Waals surface area contributed by atoms with Gasteiger partial charge in [-0.15, -0.1) is 0 Å². The van der Waals surface area contributed by atoms with Crippen molar-refractivity contribution < 1.29 is 0 Å². The maximum atomic E-state index is 3.49. The van der Waals surface area contributed by atoms with Gasteiger partial charge in [0.2, 0.25) is 0 Å². The molecule has 1 nitrogen and oxygen atoms in total. The van der Waals surface area contributed by atoms with Crippen molar-refractivity contribution in [1.29, 1.82) is 0 Å². The molecular formula is C16H32BrN. The monoisotopic (exact) mass is 317 g/mol. The highest BCUT2D eigenvalue weighted by molar-refractivity contribution is 9.09. The molecule has 108 valence electrons. The first-order chi connectivity index (χ1) is 8.86. The van der Waals surface area contributed by atoms with Crippen molar-refractivity contribution in [2.45, 2.75) is 71.1 Å². The Morgan fingerprint density at radius 1 is 1.00 bits per heavy atom. The molecule has 0 saturated carbocycles. The van der Waals surface area contributed by atoms with Crippen LogP contribution in [0, 0.1) is 5.92 Å². The van der Waals surface area contributed by atoms with Crippen LogP contribution < -0.4 is 0 Å². The number of likely N-dealkylation sites (tertiary alicyclic amines) is 1. The third-order valence-corrected chi connectivity index (χ3v) is 4.74. The number of halogens is 1. The minimum absolute atomic E-state index is 1.01. The van der Waals surface area contributed by atoms with Crippen molar-refractivity contribution in [3.8, 4) is 0 Å². The summed E-state index contributed by atoms with van der Waals surface area (Å²) in [6.07, 6.45) is 14.3. The zero-order valence-corrected chi connectivity index (χ0v) is 13.9. The van der Waals surface area contributed by atoms with Gasteiger partial charge in [-0.3, -0.25) is 0 Å². The third kappa shape index (κ3) is 7.78. The number of unbranched alkanes of at least 4 members (excludes halogenated alkanes) is 6. The molecule has 0 radical (unpaired) electrons. The van der Waals surface area contributed by atoms with Gasteiger partial charge in [0.15, 0.2) is 0 Å². The summed E-state index contributed by atoms with van der Waals surface area (Å²) in [7, 11) is 0. The van der Waals surface area contributed by atoms with E-state index in [1.807, 2.05) is 0 Å². The van der Waals surface area contributed by atoms with E-state index in [9.17, 15) is 0 Å². The molecule has 1 aliphatic heterocycles. The second kappa shape index (κ2) is 11.3. The van der Waals surface area contributed by atoms with E-state index < -0.39 is 0 Å². The van der Waals surface area contributed by atoms with E-state index in [-0.39, 0.29) is 0 Å². The van der Waals surface area contributed by atoms with Gasteiger partial charge < -0.3 is 4.90 Å². The zero-order valence-electron chi connectivity index (χ0n) is 12.3. The molecule has 1 rings (SSSR count). The number of rotatable bonds is 11. The van der Waals surface area contributed by atoms with Crippen LogP contribution in [0.15, 0.2) is 0 Å². The van der Waals surface area contributed by atoms with E-state index >= 15 is 0 Å². The van der Waals surface area contributed by atoms with Gasteiger partial charge in [-0.25, -0.2) is 0 Å². The van der Waals surface area contributed by atoms with Crippen molar-refractivity contribution in [1.82, 2.24) is 4.90 Å². The summed E-state index contributed by atoms with van der Waals surface area (Å²) in [6.45, 7) is 6.44. The molecule has 1 unspecified atom stereocenters. The lowest BCUT2D eigenvalue weighted by Crippen LogP contribution is -2.21. The summed E-state index contributed by atoms with van der Waals surface area (Å²) < 4.78 is 0. The van der Waals surface area contributed by atoms with Crippen LogP contribution in [0.2, 0.25) is 0 Å². The van der Waals surface area contributed by atoms with E-state index in [2.05, 4.69) is 27.8 Å². The van der Waals surface area contributed by atoms with Gasteiger partial charge in [0, 0.05) is 11.9 Å². The lowest BCUT2D eigenvalue weighted by molar-refractivity contribution is 0.311. The molecule has 1 saturated heterocycles. The SMILES string of the molecule is CCCC1CCN(CCCCCCCCCBr)C1. The maximum absolute atomic E-state index is 3.49. The zero-order chi connectivity index (χ0) is 13.1. The van der Waals surface area contributed by atoms with Gasteiger partial charge in [-0.2, -0.15) is 0 Å². The molecule has 0 aliphatic carbocycles. The minimum Gasteiger partial charge on any atom is -0.303 e. The molecule has 1 atom stereocenters. The van der Waals surface area contributed by atoms with Gasteiger partial charge in [0.05, 0.1) is 0 Å². The molecule has 18 heavy (non-hydrogen) atoms. The van der Waals surface area contributed by atoms with Crippen LogP contribution in [0.25, 0.3) is 0 Å². The predicted octanol–water partition coefficient (Wildman–Crippen LogP) is 5.23. The highest BCUT2D eigenvalue weighted by atomic mass is 79.9. The second-order valence-electron chi connectivity index (χ2n) is 5.91. The fraction of sp³-hybridized carbons (Fsp3) is 1.00. The Bertz CT molecular complexity index is 184. The first-order valence-corrected chi connectivity index (χ1v) is 9.27. The average Bonchev–Trinajstić information content (AvgIpc) is 2.81. The first kappa shape index (κ1) is 16.5. The molecule has 2 heteroatoms. The lowest BCUT2D eigenvalue weighted by Gasteiger charge is -2.15. The number of nitrogens with zero attached hydrogens (tertiary/aromatic N) is 1. The molecule has 1 heterocycles. The van der Waals surface area contributed by atoms with Crippen molar-refractivity contribution in [2.24, 2.45) is 5.92 Å². The van der Waals surface area contributed by atoms with Crippen LogP contribution in [0.4, 0.5) is 0 Å². The maximum Gasteiger partial charge on any atom is 0.00313 e. The fourth-order valence-electron chi connectivity index (χ4n) is 3.07. The molecule has 0 N–H and O–H groups in total. The average molecular weight is 318 g/mol. The largest absolute Gasteiger partial charge is 0.303 e. The van der Waals surface area contributed by atoms with Gasteiger partial charge in [-0.1, -0.05) is 61.4 Å². The molecule has 0 amide bonds. The standard InChI is InChI=1S/C16H32BrN/c1-2-10-16-11-14-18(15-16)13-9-7-5-3-4-6-8-12-17/h16H,2-15H2,1H3. The van der Waals surface area contributed by atoms with Gasteiger partial charge in [0.25, 0.3) is 0 Å². The van der Waals surface area contributed by atoms with E-state index in [0.29, 0.717) is 0 Å². The number of hydrogen-bond donors (Lipinski definition) is 0. The van der Waals surface area contributed by atoms with E-state index in [4.69, 9.17) is 0 Å². The Labute approximate surface area is 123 Å². The Hall–Kier alpha value is 0.440. The van der Waals surface area contributed by atoms with Gasteiger partial charge in [-0.05, 0) is 44.7 Å². The summed E-state index contributed by atoms with van der Waals surface area (Å²) in [6, 6.07) is 0. The molecule has 0 aromatic rings. The summed E-state index contributed by atoms with van der Waals surface area (Å²) in [5.41, 5.74) is 0. The fourth-order valence-corrected chi connectivity index (χ4v) is 3.47. The lowest BCUT2D eigenvalue weighted by atomic mass is 10.0. The summed E-state index contributed by atoms with van der Waals surface area (Å²) in [4.78, 5) is 2.70. The van der Waals surface area contributed by atoms with Crippen LogP contribution in [0.1, 0.15) is 71.1 Å². The molecule has 0 bridgehead atoms. The highest BCUT2D eigenvalue weighted by Crippen LogP contribution is 2.21. The third-order valence-electron chi connectivity index (χ3n) is 4.17. The molecule has 0 aromatic heterocycles. The van der Waals surface area contributed by atoms with Crippen molar-refractivity contribution in [3.63, 3.8) is 0 Å². The van der Waals surface area contributed by atoms with Crippen LogP contribution in [-0.2, 0) is 0 Å². The van der Waals surface area contributed by atoms with Crippen molar-refractivity contribution in [3.05, 3.63) is 0 Å². The molecule has 1 aliphatic rings. The quantitative estimate of drug-likeness (QED) is 0.372. The Morgan fingerprint density at radius 2 is 1.67 bits per heavy atom.